The fourth-order valence-corrected chi connectivity index (χ4v) is 0.851. The van der Waals surface area contributed by atoms with Gasteiger partial charge < -0.3 is 4.74 Å². The summed E-state index contributed by atoms with van der Waals surface area (Å²) >= 11 is 0. The molecule has 0 aromatic rings. The van der Waals surface area contributed by atoms with E-state index in [9.17, 15) is 9.59 Å². The monoisotopic (exact) mass is 225 g/mol. The van der Waals surface area contributed by atoms with Crippen LogP contribution >= 0.6 is 0 Å². The molecule has 0 aliphatic heterocycles. The summed E-state index contributed by atoms with van der Waals surface area (Å²) in [5.74, 6) is -0.127. The largest absolute Gasteiger partial charge is 0.443 e. The molecule has 0 saturated carbocycles. The number of amides is 1. The van der Waals surface area contributed by atoms with Crippen molar-refractivity contribution in [1.29, 1.82) is 0 Å². The Bertz CT molecular complexity index is 300. The van der Waals surface area contributed by atoms with Crippen LogP contribution < -0.4 is 0 Å². The Hall–Kier alpha value is -1.58. The van der Waals surface area contributed by atoms with E-state index in [0.717, 1.165) is 0 Å². The van der Waals surface area contributed by atoms with Crippen molar-refractivity contribution in [1.82, 2.24) is 4.90 Å². The number of hydrogen-bond acceptors (Lipinski definition) is 3. The Kier molecular flexibility index (Phi) is 5.50. The normalized spacial score (nSPS) is 11.2. The molecule has 0 saturated heterocycles. The van der Waals surface area contributed by atoms with Crippen LogP contribution in [0, 0.1) is 0 Å². The van der Waals surface area contributed by atoms with Crippen LogP contribution in [-0.2, 0) is 9.53 Å². The molecule has 4 heteroatoms. The fourth-order valence-electron chi connectivity index (χ4n) is 0.851. The second-order valence-electron chi connectivity index (χ2n) is 4.35. The lowest BCUT2D eigenvalue weighted by molar-refractivity contribution is -0.112. The Balaban J connectivity index is 4.59. The maximum absolute atomic E-state index is 11.7. The zero-order chi connectivity index (χ0) is 12.8. The first-order chi connectivity index (χ1) is 7.26. The number of ether oxygens (including phenoxy) is 1. The average Bonchev–Trinajstić information content (AvgIpc) is 2.08. The van der Waals surface area contributed by atoms with Crippen LogP contribution in [0.4, 0.5) is 4.79 Å². The van der Waals surface area contributed by atoms with Gasteiger partial charge in [-0.3, -0.25) is 9.69 Å². The molecule has 0 spiro atoms. The van der Waals surface area contributed by atoms with Crippen molar-refractivity contribution in [3.05, 3.63) is 24.9 Å². The number of allylic oxidation sites excluding steroid dienone is 1. The van der Waals surface area contributed by atoms with Crippen molar-refractivity contribution in [3.8, 4) is 0 Å². The topological polar surface area (TPSA) is 46.6 Å². The maximum Gasteiger partial charge on any atom is 0.414 e. The Morgan fingerprint density at radius 1 is 1.38 bits per heavy atom. The number of ketones is 1. The van der Waals surface area contributed by atoms with Gasteiger partial charge in [0.05, 0.1) is 0 Å². The third kappa shape index (κ3) is 6.81. The summed E-state index contributed by atoms with van der Waals surface area (Å²) in [5.41, 5.74) is -0.555. The molecular formula is C12H19NO3. The lowest BCUT2D eigenvalue weighted by Crippen LogP contribution is -2.33. The smallest absolute Gasteiger partial charge is 0.414 e. The minimum Gasteiger partial charge on any atom is -0.443 e. The van der Waals surface area contributed by atoms with Crippen molar-refractivity contribution in [2.75, 3.05) is 6.54 Å². The van der Waals surface area contributed by atoms with E-state index < -0.39 is 11.7 Å². The molecule has 0 atom stereocenters. The highest BCUT2D eigenvalue weighted by Gasteiger charge is 2.19. The van der Waals surface area contributed by atoms with Gasteiger partial charge in [-0.2, -0.15) is 0 Å². The molecule has 0 aliphatic rings. The zero-order valence-electron chi connectivity index (χ0n) is 10.3. The number of carbonyl (C=O) groups excluding carboxylic acids is 2. The Morgan fingerprint density at radius 3 is 2.31 bits per heavy atom. The van der Waals surface area contributed by atoms with Gasteiger partial charge in [-0.1, -0.05) is 6.08 Å². The van der Waals surface area contributed by atoms with Crippen molar-refractivity contribution in [2.24, 2.45) is 0 Å². The second kappa shape index (κ2) is 6.10. The second-order valence-corrected chi connectivity index (χ2v) is 4.35. The van der Waals surface area contributed by atoms with Gasteiger partial charge in [0.15, 0.2) is 5.78 Å². The van der Waals surface area contributed by atoms with Gasteiger partial charge in [0, 0.05) is 12.7 Å². The fraction of sp³-hybridized carbons (Fsp3) is 0.500. The van der Waals surface area contributed by atoms with Gasteiger partial charge in [0.2, 0.25) is 0 Å². The zero-order valence-corrected chi connectivity index (χ0v) is 10.3. The molecule has 0 unspecified atom stereocenters. The van der Waals surface area contributed by atoms with E-state index in [0.29, 0.717) is 6.54 Å². The molecule has 0 bridgehead atoms. The standard InChI is InChI=1S/C12H19NO3/c1-6-8-13(9-7-10(2)14)11(15)16-12(3,4)5/h6-7,9H,1,8H2,2-5H3/b9-7+. The SMILES string of the molecule is C=CCN(/C=C/C(C)=O)C(=O)OC(C)(C)C. The number of nitrogens with zero attached hydrogens (tertiary/aromatic N) is 1. The summed E-state index contributed by atoms with van der Waals surface area (Å²) in [6, 6.07) is 0. The first kappa shape index (κ1) is 14.4. The third-order valence-electron chi connectivity index (χ3n) is 1.44. The van der Waals surface area contributed by atoms with E-state index in [1.165, 1.54) is 24.1 Å². The van der Waals surface area contributed by atoms with Crippen LogP contribution in [0.25, 0.3) is 0 Å². The Morgan fingerprint density at radius 2 is 1.94 bits per heavy atom. The van der Waals surface area contributed by atoms with Crippen molar-refractivity contribution < 1.29 is 14.3 Å². The molecule has 0 N–H and O–H groups in total. The summed E-state index contributed by atoms with van der Waals surface area (Å²) in [6.07, 6.45) is 3.78. The summed E-state index contributed by atoms with van der Waals surface area (Å²) in [4.78, 5) is 23.7. The minimum atomic E-state index is -0.555. The maximum atomic E-state index is 11.7. The van der Waals surface area contributed by atoms with Gasteiger partial charge in [0.25, 0.3) is 0 Å². The van der Waals surface area contributed by atoms with Gasteiger partial charge in [-0.05, 0) is 33.8 Å². The lowest BCUT2D eigenvalue weighted by atomic mass is 10.2. The van der Waals surface area contributed by atoms with E-state index in [4.69, 9.17) is 4.74 Å². The Labute approximate surface area is 96.6 Å². The van der Waals surface area contributed by atoms with E-state index >= 15 is 0 Å². The molecule has 0 heterocycles. The van der Waals surface area contributed by atoms with Crippen LogP contribution in [-0.4, -0.2) is 28.9 Å². The van der Waals surface area contributed by atoms with Crippen LogP contribution in [0.3, 0.4) is 0 Å². The van der Waals surface area contributed by atoms with Crippen molar-refractivity contribution in [2.45, 2.75) is 33.3 Å². The van der Waals surface area contributed by atoms with Gasteiger partial charge in [0.1, 0.15) is 5.60 Å². The van der Waals surface area contributed by atoms with Gasteiger partial charge in [-0.25, -0.2) is 4.79 Å². The number of hydrogen-bond donors (Lipinski definition) is 0. The summed E-state index contributed by atoms with van der Waals surface area (Å²) in [6.45, 7) is 10.6. The highest BCUT2D eigenvalue weighted by molar-refractivity contribution is 5.87. The first-order valence-electron chi connectivity index (χ1n) is 5.05. The minimum absolute atomic E-state index is 0.127. The van der Waals surface area contributed by atoms with Crippen LogP contribution in [0.2, 0.25) is 0 Å². The molecule has 16 heavy (non-hydrogen) atoms. The molecule has 4 nitrogen and oxygen atoms in total. The summed E-state index contributed by atoms with van der Waals surface area (Å²) in [5, 5.41) is 0. The molecule has 0 radical (unpaired) electrons. The van der Waals surface area contributed by atoms with E-state index in [1.54, 1.807) is 26.8 Å². The van der Waals surface area contributed by atoms with E-state index in [2.05, 4.69) is 6.58 Å². The van der Waals surface area contributed by atoms with Crippen molar-refractivity contribution >= 4 is 11.9 Å². The molecule has 0 rings (SSSR count). The summed E-state index contributed by atoms with van der Waals surface area (Å²) < 4.78 is 5.16. The van der Waals surface area contributed by atoms with E-state index in [1.807, 2.05) is 0 Å². The van der Waals surface area contributed by atoms with Gasteiger partial charge >= 0.3 is 6.09 Å². The number of rotatable bonds is 4. The molecule has 0 aliphatic carbocycles. The molecule has 0 fully saturated rings. The summed E-state index contributed by atoms with van der Waals surface area (Å²) in [7, 11) is 0. The van der Waals surface area contributed by atoms with Gasteiger partial charge in [-0.15, -0.1) is 6.58 Å². The molecule has 1 amide bonds. The predicted molar refractivity (Wildman–Crippen MR) is 63.0 cm³/mol. The molecular weight excluding hydrogens is 206 g/mol. The molecule has 0 aromatic heterocycles. The van der Waals surface area contributed by atoms with Crippen molar-refractivity contribution in [3.63, 3.8) is 0 Å². The van der Waals surface area contributed by atoms with Crippen LogP contribution in [0.5, 0.6) is 0 Å². The predicted octanol–water partition coefficient (Wildman–Crippen LogP) is 2.51. The van der Waals surface area contributed by atoms with E-state index in [-0.39, 0.29) is 5.78 Å². The highest BCUT2D eigenvalue weighted by atomic mass is 16.6. The molecule has 90 valence electrons. The lowest BCUT2D eigenvalue weighted by Gasteiger charge is -2.24. The third-order valence-corrected chi connectivity index (χ3v) is 1.44. The average molecular weight is 225 g/mol. The highest BCUT2D eigenvalue weighted by Crippen LogP contribution is 2.10. The van der Waals surface area contributed by atoms with Crippen LogP contribution in [0.15, 0.2) is 24.9 Å². The number of carbonyl (C=O) groups is 2. The van der Waals surface area contributed by atoms with Crippen LogP contribution in [0.1, 0.15) is 27.7 Å². The molecule has 0 aromatic carbocycles. The quantitative estimate of drug-likeness (QED) is 0.545. The first-order valence-corrected chi connectivity index (χ1v) is 5.05.